The zero-order valence-electron chi connectivity index (χ0n) is 20.0. The molecular weight excluding hydrogens is 414 g/mol. The molecule has 0 saturated heterocycles. The summed E-state index contributed by atoms with van der Waals surface area (Å²) >= 11 is 0. The van der Waals surface area contributed by atoms with E-state index >= 15 is 0 Å². The van der Waals surface area contributed by atoms with Crippen molar-refractivity contribution in [3.63, 3.8) is 0 Å². The average molecular weight is 448 g/mol. The molecule has 0 aromatic heterocycles. The Morgan fingerprint density at radius 1 is 0.970 bits per heavy atom. The number of rotatable bonds is 6. The van der Waals surface area contributed by atoms with Crippen molar-refractivity contribution < 1.29 is 19.0 Å². The van der Waals surface area contributed by atoms with E-state index in [9.17, 15) is 4.79 Å². The Hall–Kier alpha value is -3.21. The first-order valence-electron chi connectivity index (χ1n) is 11.6. The van der Waals surface area contributed by atoms with E-state index in [1.54, 1.807) is 7.11 Å². The molecule has 0 radical (unpaired) electrons. The maximum atomic E-state index is 13.4. The highest BCUT2D eigenvalue weighted by molar-refractivity contribution is 5.94. The van der Waals surface area contributed by atoms with Gasteiger partial charge in [0.15, 0.2) is 0 Å². The number of nitrogens with zero attached hydrogens (tertiary/aromatic N) is 1. The highest BCUT2D eigenvalue weighted by atomic mass is 16.5. The van der Waals surface area contributed by atoms with E-state index in [2.05, 4.69) is 39.0 Å². The molecule has 1 aliphatic carbocycles. The monoisotopic (exact) mass is 447 g/mol. The maximum Gasteiger partial charge on any atom is 0.254 e. The van der Waals surface area contributed by atoms with Gasteiger partial charge in [-0.15, -0.1) is 0 Å². The number of allylic oxidation sites excluding steroid dienone is 4. The molecule has 1 aliphatic heterocycles. The van der Waals surface area contributed by atoms with Gasteiger partial charge in [0.2, 0.25) is 0 Å². The van der Waals surface area contributed by atoms with Crippen LogP contribution in [-0.2, 0) is 22.4 Å². The van der Waals surface area contributed by atoms with E-state index in [-0.39, 0.29) is 17.6 Å². The van der Waals surface area contributed by atoms with Crippen LogP contribution >= 0.6 is 0 Å². The standard InChI is InChI=1S/C28H33NO4/c1-28(2,3)33-26-15-13-25(14-16-26)32-19-23-17-21-7-5-6-8-22(21)18-29(23)27(30)20-9-11-24(31-4)12-10-20/h5-13,15,23H,14,16-19H2,1-4H3. The second-order valence-electron chi connectivity index (χ2n) is 9.58. The van der Waals surface area contributed by atoms with Crippen LogP contribution in [0.2, 0.25) is 0 Å². The van der Waals surface area contributed by atoms with Gasteiger partial charge in [0.25, 0.3) is 5.91 Å². The number of hydrogen-bond acceptors (Lipinski definition) is 4. The fourth-order valence-electron chi connectivity index (χ4n) is 4.27. The summed E-state index contributed by atoms with van der Waals surface area (Å²) in [6.45, 7) is 7.21. The predicted molar refractivity (Wildman–Crippen MR) is 129 cm³/mol. The number of ether oxygens (including phenoxy) is 3. The first-order valence-corrected chi connectivity index (χ1v) is 11.6. The lowest BCUT2D eigenvalue weighted by Crippen LogP contribution is -2.46. The van der Waals surface area contributed by atoms with Gasteiger partial charge in [-0.05, 0) is 74.7 Å². The van der Waals surface area contributed by atoms with Gasteiger partial charge in [-0.3, -0.25) is 4.79 Å². The van der Waals surface area contributed by atoms with Crippen LogP contribution in [0.1, 0.15) is 55.1 Å². The third-order valence-electron chi connectivity index (χ3n) is 5.92. The summed E-state index contributed by atoms with van der Waals surface area (Å²) in [6.07, 6.45) is 6.40. The Labute approximate surface area is 196 Å². The van der Waals surface area contributed by atoms with Crippen molar-refractivity contribution in [3.8, 4) is 5.75 Å². The average Bonchev–Trinajstić information content (AvgIpc) is 2.81. The smallest absolute Gasteiger partial charge is 0.254 e. The second kappa shape index (κ2) is 9.74. The van der Waals surface area contributed by atoms with E-state index in [0.717, 1.165) is 36.5 Å². The number of carbonyl (C=O) groups excluding carboxylic acids is 1. The van der Waals surface area contributed by atoms with Gasteiger partial charge in [0, 0.05) is 24.9 Å². The van der Waals surface area contributed by atoms with Gasteiger partial charge in [-0.25, -0.2) is 0 Å². The van der Waals surface area contributed by atoms with E-state index in [1.807, 2.05) is 47.4 Å². The Balaban J connectivity index is 1.49. The van der Waals surface area contributed by atoms with Crippen LogP contribution in [0.4, 0.5) is 0 Å². The minimum Gasteiger partial charge on any atom is -0.497 e. The van der Waals surface area contributed by atoms with Crippen LogP contribution in [0.15, 0.2) is 72.2 Å². The molecule has 2 aromatic carbocycles. The van der Waals surface area contributed by atoms with Gasteiger partial charge in [-0.1, -0.05) is 24.3 Å². The quantitative estimate of drug-likeness (QED) is 0.574. The van der Waals surface area contributed by atoms with Crippen molar-refractivity contribution in [1.82, 2.24) is 4.90 Å². The van der Waals surface area contributed by atoms with Gasteiger partial charge >= 0.3 is 0 Å². The predicted octanol–water partition coefficient (Wildman–Crippen LogP) is 5.66. The third kappa shape index (κ3) is 5.78. The van der Waals surface area contributed by atoms with Gasteiger partial charge in [0.05, 0.1) is 24.7 Å². The van der Waals surface area contributed by atoms with E-state index in [0.29, 0.717) is 18.7 Å². The van der Waals surface area contributed by atoms with E-state index in [4.69, 9.17) is 14.2 Å². The summed E-state index contributed by atoms with van der Waals surface area (Å²) in [6, 6.07) is 15.6. The van der Waals surface area contributed by atoms with Gasteiger partial charge < -0.3 is 19.1 Å². The summed E-state index contributed by atoms with van der Waals surface area (Å²) in [4.78, 5) is 15.4. The van der Waals surface area contributed by atoms with E-state index in [1.165, 1.54) is 11.1 Å². The molecule has 0 fully saturated rings. The summed E-state index contributed by atoms with van der Waals surface area (Å²) in [7, 11) is 1.62. The molecule has 174 valence electrons. The van der Waals surface area contributed by atoms with Gasteiger partial charge in [-0.2, -0.15) is 0 Å². The Bertz CT molecular complexity index is 1050. The molecule has 0 bridgehead atoms. The summed E-state index contributed by atoms with van der Waals surface area (Å²) < 4.78 is 17.4. The fraction of sp³-hybridized carbons (Fsp3) is 0.393. The molecular formula is C28H33NO4. The normalized spacial score (nSPS) is 18.1. The number of fused-ring (bicyclic) bond motifs is 1. The van der Waals surface area contributed by atoms with Crippen LogP contribution in [0.25, 0.3) is 0 Å². The first-order chi connectivity index (χ1) is 15.8. The molecule has 1 heterocycles. The minimum absolute atomic E-state index is 0.0131. The number of benzene rings is 2. The van der Waals surface area contributed by atoms with Crippen molar-refractivity contribution in [2.24, 2.45) is 0 Å². The molecule has 1 amide bonds. The zero-order chi connectivity index (χ0) is 23.4. The molecule has 0 N–H and O–H groups in total. The van der Waals surface area contributed by atoms with Crippen molar-refractivity contribution in [3.05, 3.63) is 88.9 Å². The molecule has 0 spiro atoms. The lowest BCUT2D eigenvalue weighted by atomic mass is 9.93. The number of methoxy groups -OCH3 is 1. The fourth-order valence-corrected chi connectivity index (χ4v) is 4.27. The van der Waals surface area contributed by atoms with Gasteiger partial charge in [0.1, 0.15) is 18.0 Å². The van der Waals surface area contributed by atoms with E-state index < -0.39 is 0 Å². The molecule has 4 rings (SSSR count). The molecule has 2 aliphatic rings. The van der Waals surface area contributed by atoms with Crippen LogP contribution in [-0.4, -0.2) is 36.2 Å². The Morgan fingerprint density at radius 3 is 2.27 bits per heavy atom. The number of carbonyl (C=O) groups is 1. The maximum absolute atomic E-state index is 13.4. The lowest BCUT2D eigenvalue weighted by Gasteiger charge is -2.37. The summed E-state index contributed by atoms with van der Waals surface area (Å²) in [5.41, 5.74) is 2.93. The summed E-state index contributed by atoms with van der Waals surface area (Å²) in [5.74, 6) is 2.67. The largest absolute Gasteiger partial charge is 0.497 e. The number of hydrogen-bond donors (Lipinski definition) is 0. The van der Waals surface area contributed by atoms with Crippen molar-refractivity contribution in [2.45, 2.75) is 58.2 Å². The highest BCUT2D eigenvalue weighted by Crippen LogP contribution is 2.28. The van der Waals surface area contributed by atoms with Crippen LogP contribution < -0.4 is 4.74 Å². The zero-order valence-corrected chi connectivity index (χ0v) is 20.0. The molecule has 2 aromatic rings. The minimum atomic E-state index is -0.199. The highest BCUT2D eigenvalue weighted by Gasteiger charge is 2.31. The second-order valence-corrected chi connectivity index (χ2v) is 9.58. The molecule has 1 unspecified atom stereocenters. The molecule has 0 saturated carbocycles. The Morgan fingerprint density at radius 2 is 1.64 bits per heavy atom. The van der Waals surface area contributed by atoms with Crippen molar-refractivity contribution in [2.75, 3.05) is 13.7 Å². The number of amides is 1. The summed E-state index contributed by atoms with van der Waals surface area (Å²) in [5, 5.41) is 0. The van der Waals surface area contributed by atoms with Crippen molar-refractivity contribution >= 4 is 5.91 Å². The molecule has 1 atom stereocenters. The Kier molecular flexibility index (Phi) is 6.77. The molecule has 33 heavy (non-hydrogen) atoms. The van der Waals surface area contributed by atoms with Crippen LogP contribution in [0.3, 0.4) is 0 Å². The topological polar surface area (TPSA) is 48.0 Å². The van der Waals surface area contributed by atoms with Crippen molar-refractivity contribution in [1.29, 1.82) is 0 Å². The lowest BCUT2D eigenvalue weighted by molar-refractivity contribution is 0.0404. The molecule has 5 heteroatoms. The third-order valence-corrected chi connectivity index (χ3v) is 5.92. The molecule has 5 nitrogen and oxygen atoms in total. The van der Waals surface area contributed by atoms with Crippen LogP contribution in [0, 0.1) is 0 Å². The first kappa shape index (κ1) is 23.0. The SMILES string of the molecule is COc1ccc(C(=O)N2Cc3ccccc3CC2COC2=CC=C(OC(C)(C)C)CC2)cc1. The van der Waals surface area contributed by atoms with Crippen LogP contribution in [0.5, 0.6) is 5.75 Å².